The Bertz CT molecular complexity index is 525. The number of rotatable bonds is 3. The number of carbonyl (C=O) groups excluding carboxylic acids is 1. The van der Waals surface area contributed by atoms with Gasteiger partial charge in [-0.2, -0.15) is 0 Å². The van der Waals surface area contributed by atoms with Crippen molar-refractivity contribution in [3.8, 4) is 0 Å². The summed E-state index contributed by atoms with van der Waals surface area (Å²) >= 11 is 6.98. The molecular formula is C10H9ClN4OS. The molecule has 7 heteroatoms. The van der Waals surface area contributed by atoms with Gasteiger partial charge in [-0.05, 0) is 24.3 Å². The van der Waals surface area contributed by atoms with E-state index < -0.39 is 0 Å². The van der Waals surface area contributed by atoms with E-state index in [0.29, 0.717) is 27.3 Å². The van der Waals surface area contributed by atoms with Gasteiger partial charge < -0.3 is 11.1 Å². The van der Waals surface area contributed by atoms with Gasteiger partial charge in [0.15, 0.2) is 0 Å². The van der Waals surface area contributed by atoms with E-state index in [2.05, 4.69) is 15.5 Å². The van der Waals surface area contributed by atoms with Gasteiger partial charge in [-0.25, -0.2) is 0 Å². The van der Waals surface area contributed by atoms with Crippen LogP contribution in [0.1, 0.15) is 15.4 Å². The smallest absolute Gasteiger partial charge is 0.251 e. The van der Waals surface area contributed by atoms with Crippen LogP contribution in [-0.2, 0) is 6.54 Å². The van der Waals surface area contributed by atoms with Crippen LogP contribution in [0.25, 0.3) is 0 Å². The van der Waals surface area contributed by atoms with Crippen molar-refractivity contribution in [2.75, 3.05) is 5.73 Å². The van der Waals surface area contributed by atoms with Crippen LogP contribution >= 0.6 is 22.9 Å². The van der Waals surface area contributed by atoms with Crippen molar-refractivity contribution >= 4 is 34.0 Å². The van der Waals surface area contributed by atoms with Gasteiger partial charge in [0.25, 0.3) is 5.91 Å². The molecular weight excluding hydrogens is 260 g/mol. The van der Waals surface area contributed by atoms with Crippen molar-refractivity contribution in [3.05, 3.63) is 39.9 Å². The first-order valence-electron chi connectivity index (χ1n) is 4.77. The molecule has 3 N–H and O–H groups in total. The summed E-state index contributed by atoms with van der Waals surface area (Å²) in [6.45, 7) is 0.316. The second-order valence-corrected chi connectivity index (χ2v) is 4.75. The summed E-state index contributed by atoms with van der Waals surface area (Å²) in [4.78, 5) is 11.7. The SMILES string of the molecule is Nc1nnc(CNC(=O)c2ccc(Cl)cc2)s1. The zero-order valence-electron chi connectivity index (χ0n) is 8.68. The zero-order valence-corrected chi connectivity index (χ0v) is 10.3. The molecule has 88 valence electrons. The van der Waals surface area contributed by atoms with Crippen LogP contribution in [0.2, 0.25) is 5.02 Å². The highest BCUT2D eigenvalue weighted by Crippen LogP contribution is 2.12. The normalized spacial score (nSPS) is 10.2. The molecule has 5 nitrogen and oxygen atoms in total. The Labute approximate surface area is 107 Å². The minimum Gasteiger partial charge on any atom is -0.374 e. The number of nitrogens with one attached hydrogen (secondary N) is 1. The Morgan fingerprint density at radius 1 is 1.35 bits per heavy atom. The fraction of sp³-hybridized carbons (Fsp3) is 0.100. The minimum absolute atomic E-state index is 0.185. The highest BCUT2D eigenvalue weighted by atomic mass is 35.5. The van der Waals surface area contributed by atoms with Crippen LogP contribution < -0.4 is 11.1 Å². The van der Waals surface area contributed by atoms with Crippen molar-refractivity contribution in [2.24, 2.45) is 0 Å². The zero-order chi connectivity index (χ0) is 12.3. The summed E-state index contributed by atoms with van der Waals surface area (Å²) in [6.07, 6.45) is 0. The summed E-state index contributed by atoms with van der Waals surface area (Å²) < 4.78 is 0. The molecule has 0 saturated carbocycles. The fourth-order valence-electron chi connectivity index (χ4n) is 1.20. The van der Waals surface area contributed by atoms with Crippen LogP contribution in [0, 0.1) is 0 Å². The summed E-state index contributed by atoms with van der Waals surface area (Å²) in [5, 5.41) is 11.8. The van der Waals surface area contributed by atoms with Crippen LogP contribution in [0.15, 0.2) is 24.3 Å². The molecule has 0 aliphatic carbocycles. The Balaban J connectivity index is 1.95. The summed E-state index contributed by atoms with van der Waals surface area (Å²) in [5.41, 5.74) is 5.98. The number of aromatic nitrogens is 2. The number of nitrogens with zero attached hydrogens (tertiary/aromatic N) is 2. The molecule has 1 amide bonds. The molecule has 0 bridgehead atoms. The molecule has 0 aliphatic heterocycles. The predicted octanol–water partition coefficient (Wildman–Crippen LogP) is 1.70. The van der Waals surface area contributed by atoms with Gasteiger partial charge in [-0.15, -0.1) is 10.2 Å². The minimum atomic E-state index is -0.185. The van der Waals surface area contributed by atoms with E-state index in [9.17, 15) is 4.79 Å². The molecule has 1 heterocycles. The van der Waals surface area contributed by atoms with Gasteiger partial charge in [-0.1, -0.05) is 22.9 Å². The standard InChI is InChI=1S/C10H9ClN4OS/c11-7-3-1-6(2-4-7)9(16)13-5-8-14-15-10(12)17-8/h1-4H,5H2,(H2,12,15)(H,13,16). The van der Waals surface area contributed by atoms with Crippen LogP contribution in [0.4, 0.5) is 5.13 Å². The summed E-state index contributed by atoms with van der Waals surface area (Å²) in [6, 6.07) is 6.65. The van der Waals surface area contributed by atoms with E-state index in [-0.39, 0.29) is 5.91 Å². The van der Waals surface area contributed by atoms with Gasteiger partial charge in [0, 0.05) is 10.6 Å². The number of carbonyl (C=O) groups is 1. The van der Waals surface area contributed by atoms with Gasteiger partial charge >= 0.3 is 0 Å². The van der Waals surface area contributed by atoms with Crippen molar-refractivity contribution in [2.45, 2.75) is 6.54 Å². The molecule has 2 aromatic rings. The maximum absolute atomic E-state index is 11.7. The number of halogens is 1. The fourth-order valence-corrected chi connectivity index (χ4v) is 1.87. The monoisotopic (exact) mass is 268 g/mol. The first-order valence-corrected chi connectivity index (χ1v) is 5.96. The van der Waals surface area contributed by atoms with Gasteiger partial charge in [0.2, 0.25) is 5.13 Å². The lowest BCUT2D eigenvalue weighted by atomic mass is 10.2. The van der Waals surface area contributed by atoms with Gasteiger partial charge in [0.1, 0.15) is 5.01 Å². The molecule has 0 aliphatic rings. The summed E-state index contributed by atoms with van der Waals surface area (Å²) in [5.74, 6) is -0.185. The molecule has 0 atom stereocenters. The van der Waals surface area contributed by atoms with E-state index in [1.165, 1.54) is 11.3 Å². The summed E-state index contributed by atoms with van der Waals surface area (Å²) in [7, 11) is 0. The van der Waals surface area contributed by atoms with Crippen molar-refractivity contribution < 1.29 is 4.79 Å². The first kappa shape index (κ1) is 11.8. The van der Waals surface area contributed by atoms with Crippen molar-refractivity contribution in [3.63, 3.8) is 0 Å². The average molecular weight is 269 g/mol. The van der Waals surface area contributed by atoms with Gasteiger partial charge in [-0.3, -0.25) is 4.79 Å². The third-order valence-electron chi connectivity index (χ3n) is 1.99. The van der Waals surface area contributed by atoms with Crippen molar-refractivity contribution in [1.29, 1.82) is 0 Å². The number of nitrogen functional groups attached to an aromatic ring is 1. The maximum atomic E-state index is 11.7. The Hall–Kier alpha value is -1.66. The average Bonchev–Trinajstić information content (AvgIpc) is 2.73. The second kappa shape index (κ2) is 5.11. The largest absolute Gasteiger partial charge is 0.374 e. The Morgan fingerprint density at radius 3 is 2.65 bits per heavy atom. The van der Waals surface area contributed by atoms with E-state index in [1.54, 1.807) is 24.3 Å². The number of benzene rings is 1. The number of amides is 1. The topological polar surface area (TPSA) is 80.9 Å². The molecule has 17 heavy (non-hydrogen) atoms. The lowest BCUT2D eigenvalue weighted by Gasteiger charge is -2.02. The number of anilines is 1. The van der Waals surface area contributed by atoms with E-state index in [0.717, 1.165) is 0 Å². The molecule has 0 unspecified atom stereocenters. The molecule has 0 fully saturated rings. The lowest BCUT2D eigenvalue weighted by molar-refractivity contribution is 0.0951. The molecule has 2 rings (SSSR count). The number of hydrogen-bond donors (Lipinski definition) is 2. The maximum Gasteiger partial charge on any atom is 0.251 e. The van der Waals surface area contributed by atoms with Crippen LogP contribution in [0.3, 0.4) is 0 Å². The highest BCUT2D eigenvalue weighted by Gasteiger charge is 2.06. The van der Waals surface area contributed by atoms with Crippen LogP contribution in [0.5, 0.6) is 0 Å². The Kier molecular flexibility index (Phi) is 3.55. The Morgan fingerprint density at radius 2 is 2.06 bits per heavy atom. The molecule has 1 aromatic carbocycles. The van der Waals surface area contributed by atoms with Crippen LogP contribution in [-0.4, -0.2) is 16.1 Å². The molecule has 0 radical (unpaired) electrons. The molecule has 1 aromatic heterocycles. The number of nitrogens with two attached hydrogens (primary N) is 1. The van der Waals surface area contributed by atoms with Gasteiger partial charge in [0.05, 0.1) is 6.54 Å². The number of hydrogen-bond acceptors (Lipinski definition) is 5. The third kappa shape index (κ3) is 3.15. The molecule has 0 spiro atoms. The van der Waals surface area contributed by atoms with E-state index in [1.807, 2.05) is 0 Å². The second-order valence-electron chi connectivity index (χ2n) is 3.22. The quantitative estimate of drug-likeness (QED) is 0.888. The molecule has 0 saturated heterocycles. The lowest BCUT2D eigenvalue weighted by Crippen LogP contribution is -2.22. The first-order chi connectivity index (χ1) is 8.15. The predicted molar refractivity (Wildman–Crippen MR) is 66.9 cm³/mol. The van der Waals surface area contributed by atoms with Crippen molar-refractivity contribution in [1.82, 2.24) is 15.5 Å². The van der Waals surface area contributed by atoms with E-state index in [4.69, 9.17) is 17.3 Å². The van der Waals surface area contributed by atoms with E-state index >= 15 is 0 Å². The third-order valence-corrected chi connectivity index (χ3v) is 2.99. The highest BCUT2D eigenvalue weighted by molar-refractivity contribution is 7.15.